The molecule has 2 aromatic rings. The molecule has 0 aromatic heterocycles. The number of para-hydroxylation sites is 1. The van der Waals surface area contributed by atoms with E-state index in [2.05, 4.69) is 4.72 Å². The summed E-state index contributed by atoms with van der Waals surface area (Å²) in [6.45, 7) is 0.352. The molecule has 2 aromatic carbocycles. The molecule has 0 spiro atoms. The highest BCUT2D eigenvalue weighted by atomic mass is 35.5. The highest BCUT2D eigenvalue weighted by Crippen LogP contribution is 2.24. The van der Waals surface area contributed by atoms with Gasteiger partial charge in [-0.15, -0.1) is 0 Å². The Labute approximate surface area is 163 Å². The van der Waals surface area contributed by atoms with Crippen LogP contribution in [0, 0.1) is 11.3 Å². The molecule has 0 saturated carbocycles. The van der Waals surface area contributed by atoms with E-state index < -0.39 is 10.0 Å². The minimum Gasteiger partial charge on any atom is -0.341 e. The number of amides is 1. The monoisotopic (exact) mass is 403 g/mol. The number of hydrogen-bond donors (Lipinski definition) is 1. The van der Waals surface area contributed by atoms with Crippen LogP contribution in [0.25, 0.3) is 6.08 Å². The molecule has 0 heterocycles. The average molecular weight is 404 g/mol. The minimum absolute atomic E-state index is 0.0806. The maximum absolute atomic E-state index is 12.4. The summed E-state index contributed by atoms with van der Waals surface area (Å²) >= 11 is 5.98. The van der Waals surface area contributed by atoms with Crippen LogP contribution in [0.4, 0.5) is 5.69 Å². The lowest BCUT2D eigenvalue weighted by Gasteiger charge is -2.12. The minimum atomic E-state index is -3.77. The number of nitriles is 1. The lowest BCUT2D eigenvalue weighted by Crippen LogP contribution is -2.25. The van der Waals surface area contributed by atoms with Crippen molar-refractivity contribution in [3.63, 3.8) is 0 Å². The van der Waals surface area contributed by atoms with Gasteiger partial charge in [0.1, 0.15) is 0 Å². The van der Waals surface area contributed by atoms with E-state index in [4.69, 9.17) is 16.9 Å². The van der Waals surface area contributed by atoms with Gasteiger partial charge in [0.05, 0.1) is 28.1 Å². The van der Waals surface area contributed by atoms with Crippen LogP contribution < -0.4 is 4.72 Å². The fourth-order valence-corrected chi connectivity index (χ4v) is 3.45. The van der Waals surface area contributed by atoms with Crippen molar-refractivity contribution < 1.29 is 13.2 Å². The van der Waals surface area contributed by atoms with Crippen LogP contribution in [0.15, 0.2) is 59.5 Å². The van der Waals surface area contributed by atoms with Crippen LogP contribution in [0.2, 0.25) is 5.02 Å². The topological polar surface area (TPSA) is 90.3 Å². The maximum atomic E-state index is 12.4. The number of benzene rings is 2. The van der Waals surface area contributed by atoms with E-state index in [-0.39, 0.29) is 17.2 Å². The summed E-state index contributed by atoms with van der Waals surface area (Å²) in [5.74, 6) is -0.234. The average Bonchev–Trinajstić information content (AvgIpc) is 2.66. The van der Waals surface area contributed by atoms with Crippen molar-refractivity contribution in [2.24, 2.45) is 0 Å². The van der Waals surface area contributed by atoms with Crippen molar-refractivity contribution >= 4 is 39.3 Å². The summed E-state index contributed by atoms with van der Waals surface area (Å²) in [5.41, 5.74) is 0.975. The first kappa shape index (κ1) is 20.5. The Bertz CT molecular complexity index is 980. The Morgan fingerprint density at radius 1 is 1.22 bits per heavy atom. The number of hydrogen-bond acceptors (Lipinski definition) is 4. The molecule has 6 nitrogen and oxygen atoms in total. The van der Waals surface area contributed by atoms with Crippen molar-refractivity contribution in [1.29, 1.82) is 5.26 Å². The molecule has 0 bridgehead atoms. The van der Waals surface area contributed by atoms with Gasteiger partial charge in [-0.3, -0.25) is 9.52 Å². The molecule has 0 aliphatic carbocycles. The van der Waals surface area contributed by atoms with Gasteiger partial charge in [0.15, 0.2) is 0 Å². The number of anilines is 1. The first-order chi connectivity index (χ1) is 12.8. The third kappa shape index (κ3) is 5.84. The molecule has 1 amide bonds. The van der Waals surface area contributed by atoms with Crippen LogP contribution in [-0.2, 0) is 14.8 Å². The Morgan fingerprint density at radius 3 is 2.52 bits per heavy atom. The van der Waals surface area contributed by atoms with Crippen LogP contribution in [0.1, 0.15) is 12.0 Å². The first-order valence-electron chi connectivity index (χ1n) is 8.01. The van der Waals surface area contributed by atoms with E-state index >= 15 is 0 Å². The van der Waals surface area contributed by atoms with Gasteiger partial charge in [0.25, 0.3) is 10.0 Å². The summed E-state index contributed by atoms with van der Waals surface area (Å²) in [4.78, 5) is 13.4. The normalized spacial score (nSPS) is 11.1. The number of carbonyl (C=O) groups is 1. The highest BCUT2D eigenvalue weighted by molar-refractivity contribution is 7.92. The van der Waals surface area contributed by atoms with Crippen molar-refractivity contribution in [2.45, 2.75) is 11.3 Å². The largest absolute Gasteiger partial charge is 0.341 e. The number of sulfonamides is 1. The molecule has 2 rings (SSSR count). The third-order valence-corrected chi connectivity index (χ3v) is 5.37. The number of halogens is 1. The van der Waals surface area contributed by atoms with Gasteiger partial charge in [-0.1, -0.05) is 35.9 Å². The Kier molecular flexibility index (Phi) is 6.99. The summed E-state index contributed by atoms with van der Waals surface area (Å²) in [7, 11) is -2.16. The fraction of sp³-hybridized carbons (Fsp3) is 0.158. The van der Waals surface area contributed by atoms with Crippen LogP contribution >= 0.6 is 11.6 Å². The second kappa shape index (κ2) is 9.21. The molecule has 0 saturated heterocycles. The number of carbonyl (C=O) groups excluding carboxylic acids is 1. The second-order valence-corrected chi connectivity index (χ2v) is 7.75. The van der Waals surface area contributed by atoms with Gasteiger partial charge in [0, 0.05) is 19.7 Å². The van der Waals surface area contributed by atoms with Crippen molar-refractivity contribution in [2.75, 3.05) is 18.3 Å². The van der Waals surface area contributed by atoms with Crippen LogP contribution in [0.3, 0.4) is 0 Å². The molecule has 0 atom stereocenters. The molecule has 27 heavy (non-hydrogen) atoms. The Hall–Kier alpha value is -2.82. The smallest absolute Gasteiger partial charge is 0.261 e. The molecule has 1 N–H and O–H groups in total. The predicted molar refractivity (Wildman–Crippen MR) is 106 cm³/mol. The number of likely N-dealkylation sites (N-methyl/N-ethyl adjacent to an activating group) is 1. The maximum Gasteiger partial charge on any atom is 0.261 e. The van der Waals surface area contributed by atoms with Crippen molar-refractivity contribution in [3.8, 4) is 6.07 Å². The van der Waals surface area contributed by atoms with Gasteiger partial charge in [-0.2, -0.15) is 5.26 Å². The Balaban J connectivity index is 2.08. The van der Waals surface area contributed by atoms with E-state index in [1.807, 2.05) is 6.07 Å². The van der Waals surface area contributed by atoms with Gasteiger partial charge in [-0.05, 0) is 35.9 Å². The number of nitrogens with zero attached hydrogens (tertiary/aromatic N) is 2. The zero-order valence-corrected chi connectivity index (χ0v) is 16.2. The van der Waals surface area contributed by atoms with Crippen LogP contribution in [0.5, 0.6) is 0 Å². The quantitative estimate of drug-likeness (QED) is 0.716. The molecule has 0 fully saturated rings. The van der Waals surface area contributed by atoms with Crippen molar-refractivity contribution in [1.82, 2.24) is 4.90 Å². The lowest BCUT2D eigenvalue weighted by molar-refractivity contribution is -0.124. The zero-order valence-electron chi connectivity index (χ0n) is 14.6. The summed E-state index contributed by atoms with van der Waals surface area (Å²) in [6, 6.07) is 14.6. The third-order valence-electron chi connectivity index (χ3n) is 3.66. The van der Waals surface area contributed by atoms with E-state index in [9.17, 15) is 13.2 Å². The lowest BCUT2D eigenvalue weighted by atomic mass is 10.2. The van der Waals surface area contributed by atoms with Gasteiger partial charge >= 0.3 is 0 Å². The molecular formula is C19H18ClN3O3S. The van der Waals surface area contributed by atoms with Gasteiger partial charge in [0.2, 0.25) is 5.91 Å². The van der Waals surface area contributed by atoms with E-state index in [1.54, 1.807) is 49.5 Å². The SMILES string of the molecule is CN(CCC#N)C(=O)C=Cc1ccc(S(=O)(=O)Nc2ccccc2Cl)cc1. The van der Waals surface area contributed by atoms with Gasteiger partial charge in [-0.25, -0.2) is 8.42 Å². The predicted octanol–water partition coefficient (Wildman–Crippen LogP) is 3.53. The molecule has 0 unspecified atom stereocenters. The first-order valence-corrected chi connectivity index (χ1v) is 9.87. The van der Waals surface area contributed by atoms with Crippen LogP contribution in [-0.4, -0.2) is 32.8 Å². The molecule has 0 aliphatic heterocycles. The fourth-order valence-electron chi connectivity index (χ4n) is 2.13. The zero-order chi connectivity index (χ0) is 19.9. The van der Waals surface area contributed by atoms with E-state index in [0.29, 0.717) is 22.8 Å². The van der Waals surface area contributed by atoms with E-state index in [0.717, 1.165) is 0 Å². The van der Waals surface area contributed by atoms with Gasteiger partial charge < -0.3 is 4.90 Å². The summed E-state index contributed by atoms with van der Waals surface area (Å²) in [5, 5.41) is 8.84. The molecule has 8 heteroatoms. The van der Waals surface area contributed by atoms with Crippen molar-refractivity contribution in [3.05, 3.63) is 65.2 Å². The second-order valence-electron chi connectivity index (χ2n) is 5.66. The molecule has 0 aliphatic rings. The highest BCUT2D eigenvalue weighted by Gasteiger charge is 2.15. The standard InChI is InChI=1S/C19H18ClN3O3S/c1-23(14-4-13-21)19(24)12-9-15-7-10-16(11-8-15)27(25,26)22-18-6-3-2-5-17(18)20/h2-3,5-12,22H,4,14H2,1H3. The summed E-state index contributed by atoms with van der Waals surface area (Å²) < 4.78 is 27.3. The molecule has 140 valence electrons. The summed E-state index contributed by atoms with van der Waals surface area (Å²) in [6.07, 6.45) is 3.23. The van der Waals surface area contributed by atoms with E-state index in [1.165, 1.54) is 23.1 Å². The molecular weight excluding hydrogens is 386 g/mol. The number of nitrogens with one attached hydrogen (secondary N) is 1. The Morgan fingerprint density at radius 2 is 1.89 bits per heavy atom. The molecule has 0 radical (unpaired) electrons. The number of rotatable bonds is 7.